The van der Waals surface area contributed by atoms with Crippen molar-refractivity contribution in [2.45, 2.75) is 32.7 Å². The van der Waals surface area contributed by atoms with Crippen LogP contribution in [0.1, 0.15) is 37.6 Å². The quantitative estimate of drug-likeness (QED) is 0.845. The number of rotatable bonds is 3. The predicted molar refractivity (Wildman–Crippen MR) is 67.2 cm³/mol. The summed E-state index contributed by atoms with van der Waals surface area (Å²) in [5.74, 6) is -2.18. The van der Waals surface area contributed by atoms with Crippen LogP contribution in [0.4, 0.5) is 14.5 Å². The molecule has 0 radical (unpaired) electrons. The number of benzene rings is 1. The molecule has 0 bridgehead atoms. The molecule has 1 amide bonds. The standard InChI is InChI=1S/C13H18F2N2O/c1-5-13(2,3)17(4)12(18)9-6-8(14)7-10(16)11(9)15/h6-7H,5,16H2,1-4H3. The molecular weight excluding hydrogens is 238 g/mol. The molecule has 0 aromatic heterocycles. The summed E-state index contributed by atoms with van der Waals surface area (Å²) < 4.78 is 26.9. The van der Waals surface area contributed by atoms with E-state index in [9.17, 15) is 13.6 Å². The molecule has 0 fully saturated rings. The third kappa shape index (κ3) is 2.60. The van der Waals surface area contributed by atoms with Gasteiger partial charge in [0.05, 0.1) is 11.3 Å². The van der Waals surface area contributed by atoms with Gasteiger partial charge in [-0.1, -0.05) is 6.92 Å². The maximum atomic E-state index is 13.7. The van der Waals surface area contributed by atoms with Gasteiger partial charge in [0.25, 0.3) is 5.91 Å². The molecule has 0 heterocycles. The molecule has 0 unspecified atom stereocenters. The molecule has 2 N–H and O–H groups in total. The first kappa shape index (κ1) is 14.4. The smallest absolute Gasteiger partial charge is 0.257 e. The van der Waals surface area contributed by atoms with E-state index in [0.717, 1.165) is 12.1 Å². The van der Waals surface area contributed by atoms with Crippen molar-refractivity contribution in [2.24, 2.45) is 0 Å². The second-order valence-electron chi connectivity index (χ2n) is 4.89. The first-order valence-electron chi connectivity index (χ1n) is 5.73. The zero-order valence-electron chi connectivity index (χ0n) is 11.1. The van der Waals surface area contributed by atoms with Gasteiger partial charge in [0.15, 0.2) is 5.82 Å². The van der Waals surface area contributed by atoms with Crippen LogP contribution in [-0.2, 0) is 0 Å². The number of nitrogens with two attached hydrogens (primary N) is 1. The number of halogens is 2. The summed E-state index contributed by atoms with van der Waals surface area (Å²) in [6.07, 6.45) is 0.696. The number of amides is 1. The monoisotopic (exact) mass is 256 g/mol. The molecule has 1 aromatic rings. The van der Waals surface area contributed by atoms with Gasteiger partial charge < -0.3 is 10.6 Å². The van der Waals surface area contributed by atoms with Gasteiger partial charge in [0.2, 0.25) is 0 Å². The Labute approximate surface area is 106 Å². The zero-order valence-corrected chi connectivity index (χ0v) is 11.1. The summed E-state index contributed by atoms with van der Waals surface area (Å²) in [5.41, 5.74) is 4.18. The fourth-order valence-electron chi connectivity index (χ4n) is 1.46. The van der Waals surface area contributed by atoms with Crippen molar-refractivity contribution in [1.82, 2.24) is 4.90 Å². The Hall–Kier alpha value is -1.65. The van der Waals surface area contributed by atoms with Crippen LogP contribution in [-0.4, -0.2) is 23.4 Å². The van der Waals surface area contributed by atoms with Gasteiger partial charge in [-0.3, -0.25) is 4.79 Å². The Morgan fingerprint density at radius 1 is 1.39 bits per heavy atom. The van der Waals surface area contributed by atoms with Gasteiger partial charge >= 0.3 is 0 Å². The Morgan fingerprint density at radius 2 is 1.94 bits per heavy atom. The molecule has 3 nitrogen and oxygen atoms in total. The number of nitrogen functional groups attached to an aromatic ring is 1. The number of anilines is 1. The second kappa shape index (κ2) is 4.92. The maximum Gasteiger partial charge on any atom is 0.257 e. The molecule has 0 spiro atoms. The first-order valence-corrected chi connectivity index (χ1v) is 5.73. The molecule has 0 atom stereocenters. The van der Waals surface area contributed by atoms with Crippen molar-refractivity contribution in [3.05, 3.63) is 29.3 Å². The van der Waals surface area contributed by atoms with E-state index in [2.05, 4.69) is 0 Å². The summed E-state index contributed by atoms with van der Waals surface area (Å²) in [5, 5.41) is 0. The van der Waals surface area contributed by atoms with Gasteiger partial charge in [-0.2, -0.15) is 0 Å². The summed E-state index contributed by atoms with van der Waals surface area (Å²) >= 11 is 0. The van der Waals surface area contributed by atoms with E-state index in [1.165, 1.54) is 4.90 Å². The Balaban J connectivity index is 3.20. The van der Waals surface area contributed by atoms with Crippen LogP contribution >= 0.6 is 0 Å². The lowest BCUT2D eigenvalue weighted by Gasteiger charge is -2.35. The second-order valence-corrected chi connectivity index (χ2v) is 4.89. The molecule has 0 aliphatic heterocycles. The molecule has 5 heteroatoms. The summed E-state index contributed by atoms with van der Waals surface area (Å²) in [6, 6.07) is 1.73. The lowest BCUT2D eigenvalue weighted by atomic mass is 9.98. The highest BCUT2D eigenvalue weighted by atomic mass is 19.1. The van der Waals surface area contributed by atoms with Crippen molar-refractivity contribution in [3.63, 3.8) is 0 Å². The Morgan fingerprint density at radius 3 is 2.44 bits per heavy atom. The molecule has 0 saturated carbocycles. The summed E-state index contributed by atoms with van der Waals surface area (Å²) in [7, 11) is 1.56. The number of carbonyl (C=O) groups is 1. The van der Waals surface area contributed by atoms with E-state index in [1.54, 1.807) is 7.05 Å². The van der Waals surface area contributed by atoms with Gasteiger partial charge in [-0.05, 0) is 32.4 Å². The minimum Gasteiger partial charge on any atom is -0.396 e. The lowest BCUT2D eigenvalue weighted by Crippen LogP contribution is -2.44. The van der Waals surface area contributed by atoms with Crippen LogP contribution in [0.2, 0.25) is 0 Å². The van der Waals surface area contributed by atoms with Gasteiger partial charge in [0, 0.05) is 12.6 Å². The van der Waals surface area contributed by atoms with Crippen LogP contribution in [0.25, 0.3) is 0 Å². The summed E-state index contributed by atoms with van der Waals surface area (Å²) in [6.45, 7) is 5.62. The molecule has 18 heavy (non-hydrogen) atoms. The minimum absolute atomic E-state index is 0.337. The number of hydrogen-bond donors (Lipinski definition) is 1. The van der Waals surface area contributed by atoms with Crippen LogP contribution in [0.15, 0.2) is 12.1 Å². The van der Waals surface area contributed by atoms with Crippen molar-refractivity contribution in [3.8, 4) is 0 Å². The minimum atomic E-state index is -0.875. The van der Waals surface area contributed by atoms with Crippen molar-refractivity contribution in [2.75, 3.05) is 12.8 Å². The van der Waals surface area contributed by atoms with Crippen LogP contribution in [0.3, 0.4) is 0 Å². The van der Waals surface area contributed by atoms with E-state index in [0.29, 0.717) is 6.42 Å². The zero-order chi connectivity index (χ0) is 14.1. The average molecular weight is 256 g/mol. The van der Waals surface area contributed by atoms with Crippen molar-refractivity contribution in [1.29, 1.82) is 0 Å². The topological polar surface area (TPSA) is 46.3 Å². The predicted octanol–water partition coefficient (Wildman–Crippen LogP) is 2.81. The molecular formula is C13H18F2N2O. The normalized spacial score (nSPS) is 11.4. The van der Waals surface area contributed by atoms with E-state index in [-0.39, 0.29) is 11.3 Å². The first-order chi connectivity index (χ1) is 8.20. The fraction of sp³-hybridized carbons (Fsp3) is 0.462. The fourth-order valence-corrected chi connectivity index (χ4v) is 1.46. The van der Waals surface area contributed by atoms with Gasteiger partial charge in [-0.25, -0.2) is 8.78 Å². The molecule has 1 rings (SSSR count). The number of carbonyl (C=O) groups excluding carboxylic acids is 1. The average Bonchev–Trinajstić information content (AvgIpc) is 2.31. The molecule has 0 aliphatic carbocycles. The van der Waals surface area contributed by atoms with E-state index >= 15 is 0 Å². The van der Waals surface area contributed by atoms with Crippen molar-refractivity contribution >= 4 is 11.6 Å². The highest BCUT2D eigenvalue weighted by Crippen LogP contribution is 2.23. The van der Waals surface area contributed by atoms with Crippen molar-refractivity contribution < 1.29 is 13.6 Å². The van der Waals surface area contributed by atoms with Crippen LogP contribution in [0.5, 0.6) is 0 Å². The van der Waals surface area contributed by atoms with Crippen LogP contribution < -0.4 is 5.73 Å². The maximum absolute atomic E-state index is 13.7. The summed E-state index contributed by atoms with van der Waals surface area (Å²) in [4.78, 5) is 13.5. The third-order valence-corrected chi connectivity index (χ3v) is 3.37. The Kier molecular flexibility index (Phi) is 3.94. The van der Waals surface area contributed by atoms with E-state index in [1.807, 2.05) is 20.8 Å². The highest BCUT2D eigenvalue weighted by Gasteiger charge is 2.28. The molecule has 0 aliphatic rings. The largest absolute Gasteiger partial charge is 0.396 e. The highest BCUT2D eigenvalue weighted by molar-refractivity contribution is 5.95. The van der Waals surface area contributed by atoms with Gasteiger partial charge in [0.1, 0.15) is 5.82 Å². The van der Waals surface area contributed by atoms with E-state index < -0.39 is 23.1 Å². The van der Waals surface area contributed by atoms with E-state index in [4.69, 9.17) is 5.73 Å². The number of hydrogen-bond acceptors (Lipinski definition) is 2. The third-order valence-electron chi connectivity index (χ3n) is 3.37. The SMILES string of the molecule is CCC(C)(C)N(C)C(=O)c1cc(F)cc(N)c1F. The molecule has 1 aromatic carbocycles. The molecule has 100 valence electrons. The van der Waals surface area contributed by atoms with Gasteiger partial charge in [-0.15, -0.1) is 0 Å². The van der Waals surface area contributed by atoms with Crippen LogP contribution in [0, 0.1) is 11.6 Å². The number of nitrogens with zero attached hydrogens (tertiary/aromatic N) is 1. The molecule has 0 saturated heterocycles. The Bertz CT molecular complexity index is 472. The lowest BCUT2D eigenvalue weighted by molar-refractivity contribution is 0.0615.